The van der Waals surface area contributed by atoms with E-state index < -0.39 is 0 Å². The molecule has 3 nitrogen and oxygen atoms in total. The van der Waals surface area contributed by atoms with Gasteiger partial charge < -0.3 is 9.88 Å². The van der Waals surface area contributed by atoms with Gasteiger partial charge in [0.25, 0.3) is 0 Å². The Balaban J connectivity index is 1.95. The van der Waals surface area contributed by atoms with Crippen molar-refractivity contribution in [2.24, 2.45) is 0 Å². The third-order valence-electron chi connectivity index (χ3n) is 3.87. The van der Waals surface area contributed by atoms with Gasteiger partial charge in [-0.15, -0.1) is 0 Å². The van der Waals surface area contributed by atoms with Crippen LogP contribution < -0.4 is 5.32 Å². The van der Waals surface area contributed by atoms with Crippen molar-refractivity contribution in [3.63, 3.8) is 0 Å². The van der Waals surface area contributed by atoms with E-state index in [1.807, 2.05) is 6.07 Å². The minimum Gasteiger partial charge on any atom is -0.347 e. The van der Waals surface area contributed by atoms with E-state index >= 15 is 0 Å². The molecule has 0 atom stereocenters. The van der Waals surface area contributed by atoms with Crippen molar-refractivity contribution in [3.8, 4) is 0 Å². The number of aromatic nitrogens is 1. The molecule has 4 heteroatoms. The van der Waals surface area contributed by atoms with Crippen LogP contribution >= 0.6 is 0 Å². The number of rotatable bonds is 3. The summed E-state index contributed by atoms with van der Waals surface area (Å²) in [6.45, 7) is 8.17. The number of piperazine rings is 1. The molecule has 1 aliphatic rings. The number of aryl methyl sites for hydroxylation is 1. The molecule has 2 heterocycles. The number of benzene rings is 1. The normalized spacial score (nSPS) is 17.2. The number of nitrogens with zero attached hydrogens (tertiary/aromatic N) is 2. The fraction of sp³-hybridized carbons (Fsp3) is 0.467. The fourth-order valence-corrected chi connectivity index (χ4v) is 2.84. The zero-order valence-corrected chi connectivity index (χ0v) is 11.3. The zero-order valence-electron chi connectivity index (χ0n) is 11.3. The van der Waals surface area contributed by atoms with E-state index in [2.05, 4.69) is 27.9 Å². The van der Waals surface area contributed by atoms with Crippen LogP contribution in [0.4, 0.5) is 4.39 Å². The molecule has 2 aromatic rings. The van der Waals surface area contributed by atoms with Gasteiger partial charge in [-0.3, -0.25) is 4.90 Å². The van der Waals surface area contributed by atoms with Gasteiger partial charge in [-0.2, -0.15) is 0 Å². The molecule has 0 radical (unpaired) electrons. The van der Waals surface area contributed by atoms with Crippen molar-refractivity contribution in [1.29, 1.82) is 0 Å². The molecule has 0 amide bonds. The van der Waals surface area contributed by atoms with Crippen LogP contribution in [-0.4, -0.2) is 35.6 Å². The topological polar surface area (TPSA) is 20.2 Å². The monoisotopic (exact) mass is 261 g/mol. The maximum atomic E-state index is 13.5. The fourth-order valence-electron chi connectivity index (χ4n) is 2.84. The quantitative estimate of drug-likeness (QED) is 0.914. The Morgan fingerprint density at radius 3 is 2.79 bits per heavy atom. The third-order valence-corrected chi connectivity index (χ3v) is 3.87. The van der Waals surface area contributed by atoms with Crippen LogP contribution in [0.25, 0.3) is 10.9 Å². The average molecular weight is 261 g/mol. The second kappa shape index (κ2) is 5.31. The minimum atomic E-state index is -0.150. The molecule has 1 aromatic heterocycles. The molecule has 19 heavy (non-hydrogen) atoms. The summed E-state index contributed by atoms with van der Waals surface area (Å²) < 4.78 is 15.7. The third kappa shape index (κ3) is 2.51. The second-order valence-electron chi connectivity index (χ2n) is 5.13. The highest BCUT2D eigenvalue weighted by Crippen LogP contribution is 2.24. The van der Waals surface area contributed by atoms with Crippen LogP contribution in [0.5, 0.6) is 0 Å². The van der Waals surface area contributed by atoms with E-state index in [4.69, 9.17) is 0 Å². The summed E-state index contributed by atoms with van der Waals surface area (Å²) in [5.41, 5.74) is 2.37. The summed E-state index contributed by atoms with van der Waals surface area (Å²) in [5, 5.41) is 4.41. The van der Waals surface area contributed by atoms with Gasteiger partial charge in [0.05, 0.1) is 0 Å². The molecule has 0 saturated carbocycles. The van der Waals surface area contributed by atoms with E-state index in [1.165, 1.54) is 5.56 Å². The Hall–Kier alpha value is -1.39. The first-order valence-corrected chi connectivity index (χ1v) is 6.98. The lowest BCUT2D eigenvalue weighted by Gasteiger charge is -2.26. The van der Waals surface area contributed by atoms with Gasteiger partial charge >= 0.3 is 0 Å². The molecule has 0 spiro atoms. The Bertz CT molecular complexity index is 570. The van der Waals surface area contributed by atoms with Crippen LogP contribution in [-0.2, 0) is 13.1 Å². The lowest BCUT2D eigenvalue weighted by Crippen LogP contribution is -2.42. The molecule has 1 aliphatic heterocycles. The summed E-state index contributed by atoms with van der Waals surface area (Å²) in [6.07, 6.45) is 2.17. The summed E-state index contributed by atoms with van der Waals surface area (Å²) in [6, 6.07) is 5.09. The van der Waals surface area contributed by atoms with Gasteiger partial charge in [0.1, 0.15) is 5.82 Å². The Kier molecular flexibility index (Phi) is 3.53. The zero-order chi connectivity index (χ0) is 13.2. The van der Waals surface area contributed by atoms with E-state index in [0.29, 0.717) is 0 Å². The van der Waals surface area contributed by atoms with Crippen molar-refractivity contribution in [1.82, 2.24) is 14.8 Å². The van der Waals surface area contributed by atoms with E-state index in [-0.39, 0.29) is 5.82 Å². The first-order valence-electron chi connectivity index (χ1n) is 6.98. The first kappa shape index (κ1) is 12.6. The molecular weight excluding hydrogens is 241 g/mol. The van der Waals surface area contributed by atoms with E-state index in [9.17, 15) is 4.39 Å². The van der Waals surface area contributed by atoms with Crippen molar-refractivity contribution in [2.75, 3.05) is 26.2 Å². The number of halogens is 1. The largest absolute Gasteiger partial charge is 0.347 e. The number of hydrogen-bond donors (Lipinski definition) is 1. The van der Waals surface area contributed by atoms with Crippen LogP contribution in [0.3, 0.4) is 0 Å². The van der Waals surface area contributed by atoms with Crippen molar-refractivity contribution >= 4 is 10.9 Å². The molecule has 0 bridgehead atoms. The van der Waals surface area contributed by atoms with Crippen molar-refractivity contribution < 1.29 is 4.39 Å². The summed E-state index contributed by atoms with van der Waals surface area (Å²) in [5.74, 6) is -0.150. The predicted molar refractivity (Wildman–Crippen MR) is 75.7 cm³/mol. The molecule has 102 valence electrons. The molecule has 1 saturated heterocycles. The van der Waals surface area contributed by atoms with Gasteiger partial charge in [0, 0.05) is 56.4 Å². The van der Waals surface area contributed by atoms with Gasteiger partial charge in [-0.05, 0) is 30.7 Å². The second-order valence-corrected chi connectivity index (χ2v) is 5.13. The average Bonchev–Trinajstić information content (AvgIpc) is 2.77. The molecular formula is C15H20FN3. The standard InChI is InChI=1S/C15H20FN3/c1-2-19-11-12(10-18-7-5-17-6-8-18)14-9-13(16)3-4-15(14)19/h3-4,9,11,17H,2,5-8,10H2,1H3. The Morgan fingerprint density at radius 2 is 2.05 bits per heavy atom. The van der Waals surface area contributed by atoms with Crippen LogP contribution in [0.1, 0.15) is 12.5 Å². The summed E-state index contributed by atoms with van der Waals surface area (Å²) in [4.78, 5) is 2.43. The summed E-state index contributed by atoms with van der Waals surface area (Å²) in [7, 11) is 0. The Morgan fingerprint density at radius 1 is 1.26 bits per heavy atom. The van der Waals surface area contributed by atoms with Crippen LogP contribution in [0, 0.1) is 5.82 Å². The van der Waals surface area contributed by atoms with E-state index in [0.717, 1.165) is 50.2 Å². The van der Waals surface area contributed by atoms with Gasteiger partial charge in [-0.1, -0.05) is 0 Å². The van der Waals surface area contributed by atoms with Crippen LogP contribution in [0.2, 0.25) is 0 Å². The Labute approximate surface area is 113 Å². The summed E-state index contributed by atoms with van der Waals surface area (Å²) >= 11 is 0. The molecule has 3 rings (SSSR count). The maximum absolute atomic E-state index is 13.5. The minimum absolute atomic E-state index is 0.150. The smallest absolute Gasteiger partial charge is 0.123 e. The van der Waals surface area contributed by atoms with Gasteiger partial charge in [0.15, 0.2) is 0 Å². The SMILES string of the molecule is CCn1cc(CN2CCNCC2)c2cc(F)ccc21. The number of nitrogens with one attached hydrogen (secondary N) is 1. The molecule has 1 fully saturated rings. The first-order chi connectivity index (χ1) is 9.28. The highest BCUT2D eigenvalue weighted by molar-refractivity contribution is 5.84. The number of fused-ring (bicyclic) bond motifs is 1. The highest BCUT2D eigenvalue weighted by atomic mass is 19.1. The van der Waals surface area contributed by atoms with Crippen molar-refractivity contribution in [3.05, 3.63) is 35.8 Å². The highest BCUT2D eigenvalue weighted by Gasteiger charge is 2.14. The molecule has 0 unspecified atom stereocenters. The molecule has 1 N–H and O–H groups in total. The maximum Gasteiger partial charge on any atom is 0.123 e. The van der Waals surface area contributed by atoms with Gasteiger partial charge in [-0.25, -0.2) is 4.39 Å². The van der Waals surface area contributed by atoms with Crippen molar-refractivity contribution in [2.45, 2.75) is 20.0 Å². The molecule has 0 aliphatic carbocycles. The lowest BCUT2D eigenvalue weighted by atomic mass is 10.1. The lowest BCUT2D eigenvalue weighted by molar-refractivity contribution is 0.234. The number of hydrogen-bond acceptors (Lipinski definition) is 2. The van der Waals surface area contributed by atoms with E-state index in [1.54, 1.807) is 12.1 Å². The van der Waals surface area contributed by atoms with Gasteiger partial charge in [0.2, 0.25) is 0 Å². The molecule has 1 aromatic carbocycles. The van der Waals surface area contributed by atoms with Crippen LogP contribution in [0.15, 0.2) is 24.4 Å². The predicted octanol–water partition coefficient (Wildman–Crippen LogP) is 2.21.